The number of nitro benzene ring substituents is 1. The van der Waals surface area contributed by atoms with Gasteiger partial charge in [-0.2, -0.15) is 10.1 Å². The maximum atomic E-state index is 12.2. The van der Waals surface area contributed by atoms with E-state index in [-0.39, 0.29) is 22.6 Å². The number of hydrazone groups is 1. The Morgan fingerprint density at radius 1 is 1.20 bits per heavy atom. The second kappa shape index (κ2) is 7.60. The first kappa shape index (κ1) is 19.6. The zero-order valence-corrected chi connectivity index (χ0v) is 16.8. The standard InChI is InChI=1S/C20H16ClN5O4/c1-12-17(18(21)25(22-12)15-8-4-3-5-9-15)20-24(13(2)27)23-19(30-20)14-7-6-10-16(11-14)26(28)29/h3-11,20H,1-2H3. The largest absolute Gasteiger partial charge is 0.445 e. The summed E-state index contributed by atoms with van der Waals surface area (Å²) in [6, 6.07) is 15.2. The Labute approximate surface area is 176 Å². The van der Waals surface area contributed by atoms with Gasteiger partial charge in [-0.25, -0.2) is 4.68 Å². The van der Waals surface area contributed by atoms with Crippen LogP contribution in [-0.4, -0.2) is 31.5 Å². The van der Waals surface area contributed by atoms with Crippen molar-refractivity contribution in [1.29, 1.82) is 0 Å². The van der Waals surface area contributed by atoms with E-state index < -0.39 is 11.2 Å². The second-order valence-electron chi connectivity index (χ2n) is 6.58. The van der Waals surface area contributed by atoms with Crippen LogP contribution in [0.5, 0.6) is 0 Å². The SMILES string of the molecule is CC(=O)N1N=C(c2cccc([N+](=O)[O-])c2)OC1c1c(C)nn(-c2ccccc2)c1Cl. The molecule has 3 aromatic rings. The van der Waals surface area contributed by atoms with Crippen molar-refractivity contribution in [2.75, 3.05) is 0 Å². The van der Waals surface area contributed by atoms with Crippen molar-refractivity contribution in [3.63, 3.8) is 0 Å². The molecule has 1 aliphatic heterocycles. The molecule has 0 aliphatic carbocycles. The van der Waals surface area contributed by atoms with Crippen LogP contribution in [0.15, 0.2) is 59.7 Å². The molecule has 30 heavy (non-hydrogen) atoms. The van der Waals surface area contributed by atoms with Gasteiger partial charge in [0.25, 0.3) is 5.69 Å². The number of benzene rings is 2. The first-order chi connectivity index (χ1) is 14.4. The quantitative estimate of drug-likeness (QED) is 0.464. The molecule has 0 N–H and O–H groups in total. The zero-order valence-electron chi connectivity index (χ0n) is 16.0. The van der Waals surface area contributed by atoms with Crippen molar-refractivity contribution in [1.82, 2.24) is 14.8 Å². The van der Waals surface area contributed by atoms with Crippen LogP contribution in [-0.2, 0) is 9.53 Å². The topological polar surface area (TPSA) is 103 Å². The lowest BCUT2D eigenvalue weighted by atomic mass is 10.2. The van der Waals surface area contributed by atoms with Crippen LogP contribution in [0, 0.1) is 17.0 Å². The Hall–Kier alpha value is -3.72. The van der Waals surface area contributed by atoms with Crippen molar-refractivity contribution in [2.45, 2.75) is 20.1 Å². The molecule has 4 rings (SSSR count). The molecule has 1 aliphatic rings. The van der Waals surface area contributed by atoms with E-state index in [4.69, 9.17) is 16.3 Å². The number of para-hydroxylation sites is 1. The van der Waals surface area contributed by atoms with Crippen molar-refractivity contribution in [2.24, 2.45) is 5.10 Å². The van der Waals surface area contributed by atoms with E-state index in [1.165, 1.54) is 25.1 Å². The molecule has 0 saturated heterocycles. The van der Waals surface area contributed by atoms with Gasteiger partial charge in [0.2, 0.25) is 18.0 Å². The molecule has 0 saturated carbocycles. The smallest absolute Gasteiger partial charge is 0.270 e. The van der Waals surface area contributed by atoms with E-state index in [2.05, 4.69) is 10.2 Å². The number of hydrogen-bond donors (Lipinski definition) is 0. The van der Waals surface area contributed by atoms with Crippen molar-refractivity contribution in [3.8, 4) is 5.69 Å². The summed E-state index contributed by atoms with van der Waals surface area (Å²) in [4.78, 5) is 22.8. The Morgan fingerprint density at radius 3 is 2.60 bits per heavy atom. The number of carbonyl (C=O) groups is 1. The van der Waals surface area contributed by atoms with E-state index >= 15 is 0 Å². The maximum absolute atomic E-state index is 12.2. The first-order valence-electron chi connectivity index (χ1n) is 8.97. The van der Waals surface area contributed by atoms with Crippen LogP contribution in [0.1, 0.15) is 30.0 Å². The number of ether oxygens (including phenoxy) is 1. The molecule has 1 unspecified atom stereocenters. The Kier molecular flexibility index (Phi) is 4.96. The van der Waals surface area contributed by atoms with E-state index in [1.54, 1.807) is 17.7 Å². The number of hydrogen-bond acceptors (Lipinski definition) is 6. The molecule has 9 nitrogen and oxygen atoms in total. The van der Waals surface area contributed by atoms with Gasteiger partial charge < -0.3 is 4.74 Å². The lowest BCUT2D eigenvalue weighted by Crippen LogP contribution is -2.25. The predicted octanol–water partition coefficient (Wildman–Crippen LogP) is 3.98. The van der Waals surface area contributed by atoms with Crippen LogP contribution in [0.2, 0.25) is 5.15 Å². The highest BCUT2D eigenvalue weighted by atomic mass is 35.5. The number of aryl methyl sites for hydroxylation is 1. The van der Waals surface area contributed by atoms with E-state index in [9.17, 15) is 14.9 Å². The van der Waals surface area contributed by atoms with Gasteiger partial charge >= 0.3 is 0 Å². The average Bonchev–Trinajstić information content (AvgIpc) is 3.29. The molecule has 2 heterocycles. The fourth-order valence-corrected chi connectivity index (χ4v) is 3.52. The highest BCUT2D eigenvalue weighted by molar-refractivity contribution is 6.30. The first-order valence-corrected chi connectivity index (χ1v) is 9.35. The van der Waals surface area contributed by atoms with E-state index in [0.29, 0.717) is 16.8 Å². The number of non-ortho nitro benzene ring substituents is 1. The lowest BCUT2D eigenvalue weighted by molar-refractivity contribution is -0.384. The Bertz CT molecular complexity index is 1180. The van der Waals surface area contributed by atoms with Gasteiger partial charge in [-0.05, 0) is 25.1 Å². The molecule has 2 aromatic carbocycles. The Morgan fingerprint density at radius 2 is 1.93 bits per heavy atom. The van der Waals surface area contributed by atoms with Crippen LogP contribution in [0.25, 0.3) is 5.69 Å². The third-order valence-electron chi connectivity index (χ3n) is 4.57. The number of nitro groups is 1. The van der Waals surface area contributed by atoms with Gasteiger partial charge in [0, 0.05) is 24.6 Å². The summed E-state index contributed by atoms with van der Waals surface area (Å²) in [7, 11) is 0. The monoisotopic (exact) mass is 425 g/mol. The Balaban J connectivity index is 1.74. The summed E-state index contributed by atoms with van der Waals surface area (Å²) in [6.45, 7) is 3.11. The number of rotatable bonds is 4. The van der Waals surface area contributed by atoms with E-state index in [0.717, 1.165) is 10.7 Å². The van der Waals surface area contributed by atoms with Crippen LogP contribution >= 0.6 is 11.6 Å². The fourth-order valence-electron chi connectivity index (χ4n) is 3.16. The van der Waals surface area contributed by atoms with Gasteiger partial charge in [0.1, 0.15) is 5.15 Å². The molecule has 0 fully saturated rings. The number of nitrogens with zero attached hydrogens (tertiary/aromatic N) is 5. The number of amides is 1. The molecule has 0 spiro atoms. The minimum absolute atomic E-state index is 0.0850. The van der Waals surface area contributed by atoms with Gasteiger partial charge in [0.15, 0.2) is 0 Å². The van der Waals surface area contributed by atoms with Crippen molar-refractivity contribution in [3.05, 3.63) is 86.7 Å². The second-order valence-corrected chi connectivity index (χ2v) is 6.94. The van der Waals surface area contributed by atoms with E-state index in [1.807, 2.05) is 30.3 Å². The third-order valence-corrected chi connectivity index (χ3v) is 4.93. The summed E-state index contributed by atoms with van der Waals surface area (Å²) in [6.07, 6.45) is -0.943. The molecule has 0 bridgehead atoms. The maximum Gasteiger partial charge on any atom is 0.270 e. The minimum atomic E-state index is -0.943. The molecule has 152 valence electrons. The number of aromatic nitrogens is 2. The van der Waals surface area contributed by atoms with Crippen LogP contribution < -0.4 is 0 Å². The summed E-state index contributed by atoms with van der Waals surface area (Å²) in [5, 5.41) is 21.2. The summed E-state index contributed by atoms with van der Waals surface area (Å²) in [5.41, 5.74) is 2.07. The van der Waals surface area contributed by atoms with Gasteiger partial charge in [-0.1, -0.05) is 35.9 Å². The summed E-state index contributed by atoms with van der Waals surface area (Å²) < 4.78 is 7.50. The number of halogens is 1. The summed E-state index contributed by atoms with van der Waals surface area (Å²) in [5.74, 6) is -0.287. The third kappa shape index (κ3) is 3.39. The molecular formula is C20H16ClN5O4. The molecule has 1 atom stereocenters. The van der Waals surface area contributed by atoms with Crippen molar-refractivity contribution >= 4 is 29.1 Å². The summed E-state index contributed by atoms with van der Waals surface area (Å²) >= 11 is 6.62. The highest BCUT2D eigenvalue weighted by Crippen LogP contribution is 2.37. The highest BCUT2D eigenvalue weighted by Gasteiger charge is 2.38. The fraction of sp³-hybridized carbons (Fsp3) is 0.150. The number of carbonyl (C=O) groups excluding carboxylic acids is 1. The normalized spacial score (nSPS) is 15.6. The lowest BCUT2D eigenvalue weighted by Gasteiger charge is -2.19. The molecule has 10 heteroatoms. The van der Waals surface area contributed by atoms with Crippen molar-refractivity contribution < 1.29 is 14.5 Å². The van der Waals surface area contributed by atoms with Gasteiger partial charge in [-0.15, -0.1) is 5.10 Å². The average molecular weight is 426 g/mol. The van der Waals surface area contributed by atoms with Gasteiger partial charge in [-0.3, -0.25) is 14.9 Å². The zero-order chi connectivity index (χ0) is 21.4. The minimum Gasteiger partial charge on any atom is -0.445 e. The molecular weight excluding hydrogens is 410 g/mol. The molecule has 1 amide bonds. The molecule has 1 aromatic heterocycles. The van der Waals surface area contributed by atoms with Gasteiger partial charge in [0.05, 0.1) is 21.9 Å². The van der Waals surface area contributed by atoms with Crippen LogP contribution in [0.4, 0.5) is 5.69 Å². The predicted molar refractivity (Wildman–Crippen MR) is 109 cm³/mol. The molecule has 0 radical (unpaired) electrons. The van der Waals surface area contributed by atoms with Crippen LogP contribution in [0.3, 0.4) is 0 Å².